The summed E-state index contributed by atoms with van der Waals surface area (Å²) in [7, 11) is 0. The third-order valence-corrected chi connectivity index (χ3v) is 5.50. The summed E-state index contributed by atoms with van der Waals surface area (Å²) in [6, 6.07) is 7.46. The number of rotatable bonds is 2. The van der Waals surface area contributed by atoms with Crippen LogP contribution >= 0.6 is 11.3 Å². The Bertz CT molecular complexity index is 698. The first-order valence-electron chi connectivity index (χ1n) is 7.11. The summed E-state index contributed by atoms with van der Waals surface area (Å²) in [5.74, 6) is -0.822. The lowest BCUT2D eigenvalue weighted by molar-refractivity contribution is 0.0696. The zero-order valence-electron chi connectivity index (χ0n) is 12.3. The second-order valence-corrected chi connectivity index (χ2v) is 7.58. The van der Waals surface area contributed by atoms with Crippen LogP contribution in [0.5, 0.6) is 0 Å². The van der Waals surface area contributed by atoms with Crippen molar-refractivity contribution in [3.8, 4) is 10.4 Å². The fraction of sp³-hybridized carbons (Fsp3) is 0.353. The van der Waals surface area contributed by atoms with Crippen LogP contribution in [0, 0.1) is 5.41 Å². The van der Waals surface area contributed by atoms with Gasteiger partial charge in [0.25, 0.3) is 0 Å². The van der Waals surface area contributed by atoms with E-state index in [2.05, 4.69) is 13.8 Å². The van der Waals surface area contributed by atoms with Gasteiger partial charge in [-0.2, -0.15) is 0 Å². The summed E-state index contributed by atoms with van der Waals surface area (Å²) in [6.45, 7) is 4.42. The highest BCUT2D eigenvalue weighted by atomic mass is 32.1. The molecule has 21 heavy (non-hydrogen) atoms. The molecule has 3 N–H and O–H groups in total. The van der Waals surface area contributed by atoms with Crippen molar-refractivity contribution in [2.45, 2.75) is 33.1 Å². The summed E-state index contributed by atoms with van der Waals surface area (Å²) in [4.78, 5) is 13.9. The molecule has 0 unspecified atom stereocenters. The zero-order chi connectivity index (χ0) is 15.2. The van der Waals surface area contributed by atoms with Crippen LogP contribution in [-0.2, 0) is 12.8 Å². The molecule has 110 valence electrons. The van der Waals surface area contributed by atoms with Crippen LogP contribution in [0.4, 0.5) is 5.69 Å². The monoisotopic (exact) mass is 301 g/mol. The number of aryl methyl sites for hydroxylation is 1. The molecule has 0 spiro atoms. The molecule has 1 aliphatic rings. The number of aromatic carboxylic acids is 1. The maximum Gasteiger partial charge on any atom is 0.337 e. The third-order valence-electron chi connectivity index (χ3n) is 4.16. The summed E-state index contributed by atoms with van der Waals surface area (Å²) >= 11 is 1.63. The van der Waals surface area contributed by atoms with Crippen LogP contribution in [0.15, 0.2) is 24.3 Å². The van der Waals surface area contributed by atoms with Crippen molar-refractivity contribution in [1.29, 1.82) is 0 Å². The number of hydrogen-bond donors (Lipinski definition) is 2. The van der Waals surface area contributed by atoms with Crippen molar-refractivity contribution in [1.82, 2.24) is 0 Å². The number of carbonyl (C=O) groups is 1. The number of benzene rings is 1. The molecule has 1 aromatic heterocycles. The van der Waals surface area contributed by atoms with Gasteiger partial charge in [0.1, 0.15) is 0 Å². The van der Waals surface area contributed by atoms with E-state index in [0.29, 0.717) is 11.3 Å². The van der Waals surface area contributed by atoms with Gasteiger partial charge in [-0.1, -0.05) is 26.0 Å². The topological polar surface area (TPSA) is 63.3 Å². The summed E-state index contributed by atoms with van der Waals surface area (Å²) in [6.07, 6.45) is 2.93. The number of carboxylic acids is 1. The number of thiophene rings is 1. The van der Waals surface area contributed by atoms with E-state index in [1.807, 2.05) is 24.3 Å². The predicted octanol–water partition coefficient (Wildman–Crippen LogP) is 4.21. The van der Waals surface area contributed by atoms with Crippen LogP contribution in [0.2, 0.25) is 0 Å². The van der Waals surface area contributed by atoms with Crippen molar-refractivity contribution >= 4 is 23.0 Å². The average molecular weight is 301 g/mol. The molecule has 3 nitrogen and oxygen atoms in total. The lowest BCUT2D eigenvalue weighted by atomic mass is 9.76. The Kier molecular flexibility index (Phi) is 3.29. The minimum absolute atomic E-state index is 0.177. The molecule has 0 saturated carbocycles. The van der Waals surface area contributed by atoms with Gasteiger partial charge in [0.05, 0.1) is 5.56 Å². The maximum absolute atomic E-state index is 11.8. The lowest BCUT2D eigenvalue weighted by Gasteiger charge is -2.29. The van der Waals surface area contributed by atoms with Crippen molar-refractivity contribution in [3.63, 3.8) is 0 Å². The highest BCUT2D eigenvalue weighted by Crippen LogP contribution is 2.45. The Morgan fingerprint density at radius 1 is 1.29 bits per heavy atom. The number of anilines is 1. The Labute approximate surface area is 128 Å². The molecule has 2 aromatic rings. The van der Waals surface area contributed by atoms with Gasteiger partial charge in [-0.15, -0.1) is 11.3 Å². The highest BCUT2D eigenvalue weighted by molar-refractivity contribution is 7.16. The van der Waals surface area contributed by atoms with Gasteiger partial charge in [0.2, 0.25) is 0 Å². The van der Waals surface area contributed by atoms with E-state index in [-0.39, 0.29) is 5.41 Å². The first-order chi connectivity index (χ1) is 9.87. The molecule has 0 fully saturated rings. The van der Waals surface area contributed by atoms with Gasteiger partial charge in [-0.05, 0) is 47.9 Å². The highest BCUT2D eigenvalue weighted by Gasteiger charge is 2.32. The molecule has 0 saturated heterocycles. The SMILES string of the molecule is CC1(C)CCc2sc(-c3ccc(N)cc3)c(C(=O)O)c2C1. The molecule has 0 amide bonds. The Hall–Kier alpha value is -1.81. The summed E-state index contributed by atoms with van der Waals surface area (Å²) in [5.41, 5.74) is 9.07. The van der Waals surface area contributed by atoms with Gasteiger partial charge in [-0.3, -0.25) is 0 Å². The number of nitrogen functional groups attached to an aromatic ring is 1. The fourth-order valence-electron chi connectivity index (χ4n) is 2.98. The largest absolute Gasteiger partial charge is 0.478 e. The first-order valence-corrected chi connectivity index (χ1v) is 7.93. The van der Waals surface area contributed by atoms with Crippen molar-refractivity contribution < 1.29 is 9.90 Å². The first kappa shape index (κ1) is 14.1. The Morgan fingerprint density at radius 2 is 1.95 bits per heavy atom. The standard InChI is InChI=1S/C17H19NO2S/c1-17(2)8-7-13-12(9-17)14(16(19)20)15(21-13)10-3-5-11(18)6-4-10/h3-6H,7-9,18H2,1-2H3,(H,19,20). The quantitative estimate of drug-likeness (QED) is 0.817. The van der Waals surface area contributed by atoms with Crippen molar-refractivity contribution in [2.75, 3.05) is 5.73 Å². The van der Waals surface area contributed by atoms with E-state index in [1.54, 1.807) is 11.3 Å². The molecular weight excluding hydrogens is 282 g/mol. The molecule has 0 aliphatic heterocycles. The molecule has 3 rings (SSSR count). The van der Waals surface area contributed by atoms with E-state index in [0.717, 1.165) is 35.3 Å². The third kappa shape index (κ3) is 2.56. The number of nitrogens with two attached hydrogens (primary N) is 1. The lowest BCUT2D eigenvalue weighted by Crippen LogP contribution is -2.22. The minimum atomic E-state index is -0.822. The van der Waals surface area contributed by atoms with Gasteiger partial charge in [0.15, 0.2) is 0 Å². The van der Waals surface area contributed by atoms with E-state index in [9.17, 15) is 9.90 Å². The summed E-state index contributed by atoms with van der Waals surface area (Å²) in [5, 5.41) is 9.68. The Balaban J connectivity index is 2.16. The van der Waals surface area contributed by atoms with E-state index >= 15 is 0 Å². The number of carboxylic acid groups (broad SMARTS) is 1. The van der Waals surface area contributed by atoms with Crippen molar-refractivity contribution in [2.24, 2.45) is 5.41 Å². The maximum atomic E-state index is 11.8. The van der Waals surface area contributed by atoms with Crippen LogP contribution in [-0.4, -0.2) is 11.1 Å². The normalized spacial score (nSPS) is 16.5. The smallest absolute Gasteiger partial charge is 0.337 e. The number of hydrogen-bond acceptors (Lipinski definition) is 3. The molecule has 4 heteroatoms. The average Bonchev–Trinajstić information content (AvgIpc) is 2.76. The van der Waals surface area contributed by atoms with Crippen LogP contribution in [0.25, 0.3) is 10.4 Å². The molecule has 0 atom stereocenters. The van der Waals surface area contributed by atoms with Crippen LogP contribution in [0.3, 0.4) is 0 Å². The van der Waals surface area contributed by atoms with E-state index in [4.69, 9.17) is 5.73 Å². The molecule has 0 bridgehead atoms. The van der Waals surface area contributed by atoms with Crippen LogP contribution < -0.4 is 5.73 Å². The molecular formula is C17H19NO2S. The van der Waals surface area contributed by atoms with Crippen molar-refractivity contribution in [3.05, 3.63) is 40.3 Å². The minimum Gasteiger partial charge on any atom is -0.478 e. The molecule has 1 aliphatic carbocycles. The zero-order valence-corrected chi connectivity index (χ0v) is 13.1. The van der Waals surface area contributed by atoms with Gasteiger partial charge in [0, 0.05) is 15.4 Å². The second-order valence-electron chi connectivity index (χ2n) is 6.48. The van der Waals surface area contributed by atoms with Gasteiger partial charge < -0.3 is 10.8 Å². The van der Waals surface area contributed by atoms with E-state index in [1.165, 1.54) is 4.88 Å². The Morgan fingerprint density at radius 3 is 2.57 bits per heavy atom. The molecule has 1 heterocycles. The molecule has 0 radical (unpaired) electrons. The summed E-state index contributed by atoms with van der Waals surface area (Å²) < 4.78 is 0. The number of fused-ring (bicyclic) bond motifs is 1. The van der Waals surface area contributed by atoms with Gasteiger partial charge in [-0.25, -0.2) is 4.79 Å². The predicted molar refractivity (Wildman–Crippen MR) is 86.9 cm³/mol. The fourth-order valence-corrected chi connectivity index (χ4v) is 4.30. The van der Waals surface area contributed by atoms with Gasteiger partial charge >= 0.3 is 5.97 Å². The van der Waals surface area contributed by atoms with E-state index < -0.39 is 5.97 Å². The second kappa shape index (κ2) is 4.88. The molecule has 1 aromatic carbocycles. The van der Waals surface area contributed by atoms with Crippen LogP contribution in [0.1, 0.15) is 41.1 Å².